The van der Waals surface area contributed by atoms with Crippen molar-refractivity contribution >= 4 is 17.2 Å². The maximum absolute atomic E-state index is 12.1. The van der Waals surface area contributed by atoms with E-state index in [-0.39, 0.29) is 5.91 Å². The summed E-state index contributed by atoms with van der Waals surface area (Å²) in [6.07, 6.45) is 4.73. The molecule has 0 saturated carbocycles. The fourth-order valence-electron chi connectivity index (χ4n) is 2.04. The third kappa shape index (κ3) is 2.37. The van der Waals surface area contributed by atoms with Gasteiger partial charge in [-0.1, -0.05) is 12.8 Å². The van der Waals surface area contributed by atoms with E-state index in [1.807, 2.05) is 10.3 Å². The standard InChI is InChI=1S/C11H16N2OS/c1-9-5-3-2-4-6-13(9)11(14)10-7-15-8-12-10/h7-9H,2-6H2,1H3. The second-order valence-corrected chi connectivity index (χ2v) is 4.79. The summed E-state index contributed by atoms with van der Waals surface area (Å²) in [4.78, 5) is 18.2. The molecule has 1 saturated heterocycles. The zero-order valence-electron chi connectivity index (χ0n) is 8.98. The van der Waals surface area contributed by atoms with Crippen molar-refractivity contribution in [1.82, 2.24) is 9.88 Å². The minimum Gasteiger partial charge on any atom is -0.335 e. The average molecular weight is 224 g/mol. The number of likely N-dealkylation sites (tertiary alicyclic amines) is 1. The lowest BCUT2D eigenvalue weighted by Crippen LogP contribution is -2.38. The summed E-state index contributed by atoms with van der Waals surface area (Å²) in [5.74, 6) is 0.102. The molecular weight excluding hydrogens is 208 g/mol. The highest BCUT2D eigenvalue weighted by Crippen LogP contribution is 2.18. The van der Waals surface area contributed by atoms with Crippen molar-refractivity contribution in [2.24, 2.45) is 0 Å². The van der Waals surface area contributed by atoms with Crippen molar-refractivity contribution in [2.75, 3.05) is 6.54 Å². The monoisotopic (exact) mass is 224 g/mol. The molecule has 0 N–H and O–H groups in total. The Labute approximate surface area is 94.1 Å². The Morgan fingerprint density at radius 1 is 1.53 bits per heavy atom. The van der Waals surface area contributed by atoms with Gasteiger partial charge in [-0.05, 0) is 19.8 Å². The molecule has 1 aromatic rings. The Kier molecular flexibility index (Phi) is 3.36. The van der Waals surface area contributed by atoms with Crippen LogP contribution in [0.3, 0.4) is 0 Å². The van der Waals surface area contributed by atoms with Crippen molar-refractivity contribution in [3.63, 3.8) is 0 Å². The van der Waals surface area contributed by atoms with Gasteiger partial charge >= 0.3 is 0 Å². The number of carbonyl (C=O) groups is 1. The fourth-order valence-corrected chi connectivity index (χ4v) is 2.57. The average Bonchev–Trinajstić information content (AvgIpc) is 2.68. The fraction of sp³-hybridized carbons (Fsp3) is 0.636. The SMILES string of the molecule is CC1CCCCCN1C(=O)c1cscn1. The van der Waals surface area contributed by atoms with Crippen LogP contribution in [0.15, 0.2) is 10.9 Å². The molecule has 4 heteroatoms. The van der Waals surface area contributed by atoms with Crippen LogP contribution < -0.4 is 0 Å². The normalized spacial score (nSPS) is 22.5. The molecule has 2 rings (SSSR count). The molecule has 1 fully saturated rings. The summed E-state index contributed by atoms with van der Waals surface area (Å²) < 4.78 is 0. The van der Waals surface area contributed by atoms with Crippen molar-refractivity contribution in [1.29, 1.82) is 0 Å². The van der Waals surface area contributed by atoms with Gasteiger partial charge in [0.2, 0.25) is 0 Å². The van der Waals surface area contributed by atoms with Gasteiger partial charge in [0.05, 0.1) is 5.51 Å². The van der Waals surface area contributed by atoms with Crippen LogP contribution in [0.25, 0.3) is 0 Å². The highest BCUT2D eigenvalue weighted by atomic mass is 32.1. The summed E-state index contributed by atoms with van der Waals surface area (Å²) in [5, 5.41) is 1.83. The van der Waals surface area contributed by atoms with Gasteiger partial charge in [-0.2, -0.15) is 0 Å². The van der Waals surface area contributed by atoms with Crippen LogP contribution in [-0.4, -0.2) is 28.4 Å². The Balaban J connectivity index is 2.11. The molecule has 1 aromatic heterocycles. The van der Waals surface area contributed by atoms with Crippen LogP contribution in [0.1, 0.15) is 43.1 Å². The molecule has 0 aromatic carbocycles. The van der Waals surface area contributed by atoms with Gasteiger partial charge in [-0.15, -0.1) is 11.3 Å². The van der Waals surface area contributed by atoms with Crippen LogP contribution in [0.4, 0.5) is 0 Å². The highest BCUT2D eigenvalue weighted by Gasteiger charge is 2.23. The molecule has 2 heterocycles. The van der Waals surface area contributed by atoms with E-state index in [0.717, 1.165) is 19.4 Å². The Bertz CT molecular complexity index is 323. The molecule has 1 unspecified atom stereocenters. The predicted molar refractivity (Wildman–Crippen MR) is 61.1 cm³/mol. The minimum atomic E-state index is 0.102. The first kappa shape index (κ1) is 10.6. The molecule has 1 amide bonds. The first-order valence-electron chi connectivity index (χ1n) is 5.48. The smallest absolute Gasteiger partial charge is 0.273 e. The summed E-state index contributed by atoms with van der Waals surface area (Å²) in [5.41, 5.74) is 2.32. The number of hydrogen-bond donors (Lipinski definition) is 0. The van der Waals surface area contributed by atoms with E-state index >= 15 is 0 Å². The summed E-state index contributed by atoms with van der Waals surface area (Å²) in [6, 6.07) is 0.363. The lowest BCUT2D eigenvalue weighted by atomic mass is 10.1. The number of thiazole rings is 1. The van der Waals surface area contributed by atoms with Gasteiger partial charge in [-0.25, -0.2) is 4.98 Å². The van der Waals surface area contributed by atoms with Gasteiger partial charge in [0.1, 0.15) is 5.69 Å². The summed E-state index contributed by atoms with van der Waals surface area (Å²) in [7, 11) is 0. The van der Waals surface area contributed by atoms with Crippen LogP contribution in [0.2, 0.25) is 0 Å². The van der Waals surface area contributed by atoms with Crippen molar-refractivity contribution in [2.45, 2.75) is 38.6 Å². The summed E-state index contributed by atoms with van der Waals surface area (Å²) in [6.45, 7) is 3.02. The molecule has 0 bridgehead atoms. The Hall–Kier alpha value is -0.900. The van der Waals surface area contributed by atoms with E-state index in [0.29, 0.717) is 11.7 Å². The van der Waals surface area contributed by atoms with E-state index in [9.17, 15) is 4.79 Å². The molecule has 82 valence electrons. The maximum Gasteiger partial charge on any atom is 0.273 e. The first-order valence-corrected chi connectivity index (χ1v) is 6.42. The van der Waals surface area contributed by atoms with Gasteiger partial charge in [0, 0.05) is 18.0 Å². The van der Waals surface area contributed by atoms with Gasteiger partial charge < -0.3 is 4.90 Å². The molecule has 1 aliphatic rings. The van der Waals surface area contributed by atoms with Crippen LogP contribution in [-0.2, 0) is 0 Å². The zero-order chi connectivity index (χ0) is 10.7. The predicted octanol–water partition coefficient (Wildman–Crippen LogP) is 2.55. The number of carbonyl (C=O) groups excluding carboxylic acids is 1. The lowest BCUT2D eigenvalue weighted by Gasteiger charge is -2.26. The van der Waals surface area contributed by atoms with E-state index in [1.165, 1.54) is 24.2 Å². The molecule has 3 nitrogen and oxygen atoms in total. The second-order valence-electron chi connectivity index (χ2n) is 4.07. The van der Waals surface area contributed by atoms with Crippen LogP contribution >= 0.6 is 11.3 Å². The minimum absolute atomic E-state index is 0.102. The first-order chi connectivity index (χ1) is 7.29. The molecule has 15 heavy (non-hydrogen) atoms. The van der Waals surface area contributed by atoms with E-state index in [1.54, 1.807) is 5.51 Å². The Morgan fingerprint density at radius 3 is 3.13 bits per heavy atom. The molecule has 0 spiro atoms. The van der Waals surface area contributed by atoms with Crippen LogP contribution in [0.5, 0.6) is 0 Å². The number of hydrogen-bond acceptors (Lipinski definition) is 3. The van der Waals surface area contributed by atoms with Gasteiger partial charge in [0.25, 0.3) is 5.91 Å². The van der Waals surface area contributed by atoms with Crippen LogP contribution in [0, 0.1) is 0 Å². The molecule has 1 aliphatic heterocycles. The lowest BCUT2D eigenvalue weighted by molar-refractivity contribution is 0.0692. The second kappa shape index (κ2) is 4.75. The number of nitrogens with zero attached hydrogens (tertiary/aromatic N) is 2. The summed E-state index contributed by atoms with van der Waals surface area (Å²) >= 11 is 1.48. The highest BCUT2D eigenvalue weighted by molar-refractivity contribution is 7.07. The molecule has 1 atom stereocenters. The number of aromatic nitrogens is 1. The zero-order valence-corrected chi connectivity index (χ0v) is 9.80. The maximum atomic E-state index is 12.1. The van der Waals surface area contributed by atoms with Crippen molar-refractivity contribution in [3.05, 3.63) is 16.6 Å². The quantitative estimate of drug-likeness (QED) is 0.734. The van der Waals surface area contributed by atoms with E-state index in [2.05, 4.69) is 11.9 Å². The number of amides is 1. The number of rotatable bonds is 1. The van der Waals surface area contributed by atoms with Crippen molar-refractivity contribution in [3.8, 4) is 0 Å². The van der Waals surface area contributed by atoms with Gasteiger partial charge in [0.15, 0.2) is 0 Å². The third-order valence-electron chi connectivity index (χ3n) is 2.97. The largest absolute Gasteiger partial charge is 0.335 e. The van der Waals surface area contributed by atoms with E-state index in [4.69, 9.17) is 0 Å². The Morgan fingerprint density at radius 2 is 2.40 bits per heavy atom. The molecule has 0 aliphatic carbocycles. The third-order valence-corrected chi connectivity index (χ3v) is 3.55. The molecular formula is C11H16N2OS. The van der Waals surface area contributed by atoms with Crippen molar-refractivity contribution < 1.29 is 4.79 Å². The molecule has 0 radical (unpaired) electrons. The topological polar surface area (TPSA) is 33.2 Å². The van der Waals surface area contributed by atoms with E-state index < -0.39 is 0 Å². The van der Waals surface area contributed by atoms with Gasteiger partial charge in [-0.3, -0.25) is 4.79 Å².